The third-order valence-electron chi connectivity index (χ3n) is 21.0. The smallest absolute Gasteiger partial charge is 0.460 e. The summed E-state index contributed by atoms with van der Waals surface area (Å²) in [4.78, 5) is 0. The molecule has 8 bridgehead atoms. The maximum atomic E-state index is 15.6. The molecule has 4 nitrogen and oxygen atoms in total. The van der Waals surface area contributed by atoms with E-state index in [2.05, 4.69) is 0 Å². The highest BCUT2D eigenvalue weighted by Crippen LogP contribution is 2.71. The van der Waals surface area contributed by atoms with Crippen molar-refractivity contribution in [3.8, 4) is 23.0 Å². The first kappa shape index (κ1) is 133. The van der Waals surface area contributed by atoms with Crippen LogP contribution in [0.15, 0.2) is 48.5 Å². The molecule has 0 fully saturated rings. The van der Waals surface area contributed by atoms with Crippen LogP contribution in [0.3, 0.4) is 0 Å². The Labute approximate surface area is 828 Å². The van der Waals surface area contributed by atoms with Gasteiger partial charge in [-0.25, -0.2) is 0 Å². The number of hydrogen-bond donors (Lipinski definition) is 0. The largest absolute Gasteiger partial charge is 0.493 e. The molecule has 856 valence electrons. The van der Waals surface area contributed by atoms with Crippen molar-refractivity contribution < 1.29 is 317 Å². The number of alkyl halides is 68. The minimum atomic E-state index is -9.27. The Morgan fingerprint density at radius 2 is 0.243 bits per heavy atom. The zero-order chi connectivity index (χ0) is 117. The molecule has 1 aliphatic rings. The van der Waals surface area contributed by atoms with Crippen molar-refractivity contribution in [1.29, 1.82) is 0 Å². The Morgan fingerprint density at radius 3 is 0.345 bits per heavy atom. The third-order valence-corrected chi connectivity index (χ3v) is 23.5. The molecule has 4 aromatic carbocycles. The lowest BCUT2D eigenvalue weighted by atomic mass is 9.88. The van der Waals surface area contributed by atoms with Crippen LogP contribution in [0.4, 0.5) is 299 Å². The van der Waals surface area contributed by atoms with Crippen molar-refractivity contribution in [2.45, 2.75) is 268 Å². The average Bonchev–Trinajstić information content (AvgIpc) is 0.703. The van der Waals surface area contributed by atoms with Gasteiger partial charge in [0.15, 0.2) is 0 Å². The van der Waals surface area contributed by atoms with Gasteiger partial charge < -0.3 is 18.9 Å². The fourth-order valence-electron chi connectivity index (χ4n) is 12.7. The molecule has 0 unspecified atom stereocenters. The number of fused-ring (bicyclic) bond motifs is 8. The highest BCUT2D eigenvalue weighted by molar-refractivity contribution is 14.1. The fourth-order valence-corrected chi connectivity index (χ4v) is 15.8. The standard InChI is InChI=1S/C72H40F68I4O4/c73-41(74,45(81,82)49(89,90)53(97,98)57(105,106)61(113,114)65(121,122)69(129,130)131)5-1-9-145-37-25-13-27-19-34(142)21-29(38(27)146-10-2-6-42(75,76)46(83,84)50(91,92)54(99,100)58(107,108)62(115,116)66(123,124)70(132,133)134)15-31-23-36(144)24-32(40(31)148-12-4-8-44(79,80)48(87,88)52(95,96)56(103,104)60(111,112)64(119,120)68(127,128)72(138,139)140)16-30-22-35(143)20-28(14-26(37)18-33(141)17-25)39(30)147-11-3-7-43(77,78)47(85,86)51(93,94)55(101,102)59(109,110)63(117,118)67(125,126)71(135,136)137/h17-24H,1-16H2. The first-order chi connectivity index (χ1) is 64.8. The van der Waals surface area contributed by atoms with Crippen LogP contribution in [0.2, 0.25) is 0 Å². The molecule has 0 saturated carbocycles. The van der Waals surface area contributed by atoms with Crippen molar-refractivity contribution in [2.24, 2.45) is 0 Å². The molecule has 0 aromatic heterocycles. The lowest BCUT2D eigenvalue weighted by molar-refractivity contribution is -0.461. The van der Waals surface area contributed by atoms with Crippen molar-refractivity contribution >= 4 is 90.4 Å². The molecule has 148 heavy (non-hydrogen) atoms. The van der Waals surface area contributed by atoms with Gasteiger partial charge in [-0.15, -0.1) is 0 Å². The third kappa shape index (κ3) is 21.2. The van der Waals surface area contributed by atoms with Crippen LogP contribution in [-0.4, -0.2) is 217 Å². The van der Waals surface area contributed by atoms with E-state index in [-0.39, 0.29) is 0 Å². The predicted octanol–water partition coefficient (Wildman–Crippen LogP) is 33.5. The molecule has 0 radical (unpaired) electrons. The van der Waals surface area contributed by atoms with Gasteiger partial charge >= 0.3 is 191 Å². The Balaban J connectivity index is 1.91. The molecule has 4 aromatic rings. The first-order valence-electron chi connectivity index (χ1n) is 37.4. The molecule has 0 atom stereocenters. The Kier molecular flexibility index (Phi) is 36.2. The predicted molar refractivity (Wildman–Crippen MR) is 390 cm³/mol. The first-order valence-corrected chi connectivity index (χ1v) is 41.8. The highest BCUT2D eigenvalue weighted by atomic mass is 127. The Bertz CT molecular complexity index is 4610. The van der Waals surface area contributed by atoms with Crippen molar-refractivity contribution in [3.63, 3.8) is 0 Å². The average molecular weight is 2770 g/mol. The quantitative estimate of drug-likeness (QED) is 0.0221. The van der Waals surface area contributed by atoms with Crippen molar-refractivity contribution in [3.05, 3.63) is 107 Å². The molecule has 76 heteroatoms. The molecule has 0 N–H and O–H groups in total. The summed E-state index contributed by atoms with van der Waals surface area (Å²) >= 11 is 4.40. The SMILES string of the molecule is FC(F)(F)C(F)(F)C(F)(F)C(F)(F)C(F)(F)C(F)(F)C(F)(F)C(F)(F)CCCOc1c2cc(I)cc1Cc1cc(I)cc(c1OCCCC(F)(F)C(F)(F)C(F)(F)C(F)(F)C(F)(F)C(F)(F)C(F)(F)C(F)(F)F)Cc1cc(I)cc(c1OCCCC(F)(F)C(F)(F)C(F)(F)C(F)(F)C(F)(F)C(F)(F)C(F)(F)C(F)(F)F)Cc1cc(I)cc(c1OCCCC(F)(F)C(F)(F)C(F)(F)C(F)(F)C(F)(F)C(F)(F)C(F)(F)C(F)(F)F)C2. The minimum Gasteiger partial charge on any atom is -0.493 e. The van der Waals surface area contributed by atoms with E-state index < -0.39 is 376 Å². The Morgan fingerprint density at radius 1 is 0.149 bits per heavy atom. The maximum Gasteiger partial charge on any atom is 0.460 e. The molecule has 1 aliphatic carbocycles. The van der Waals surface area contributed by atoms with Gasteiger partial charge in [-0.05, 0) is 209 Å². The molecule has 0 saturated heterocycles. The summed E-state index contributed by atoms with van der Waals surface area (Å²) in [6, 6.07) is 4.27. The van der Waals surface area contributed by atoms with Crippen LogP contribution in [-0.2, 0) is 25.7 Å². The van der Waals surface area contributed by atoms with Gasteiger partial charge in [-0.1, -0.05) is 0 Å². The van der Waals surface area contributed by atoms with Gasteiger partial charge in [0, 0.05) is 65.6 Å². The zero-order valence-electron chi connectivity index (χ0n) is 68.8. The van der Waals surface area contributed by atoms with Crippen LogP contribution in [0.25, 0.3) is 0 Å². The number of hydrogen-bond acceptors (Lipinski definition) is 4. The van der Waals surface area contributed by atoms with Gasteiger partial charge in [0.1, 0.15) is 23.0 Å². The van der Waals surface area contributed by atoms with E-state index in [1.165, 1.54) is 0 Å². The minimum absolute atomic E-state index is 0.534. The van der Waals surface area contributed by atoms with Gasteiger partial charge in [0.2, 0.25) is 0 Å². The summed E-state index contributed by atoms with van der Waals surface area (Å²) < 4.78 is 995. The normalized spacial score (nSPS) is 16.1. The van der Waals surface area contributed by atoms with E-state index >= 15 is 105 Å². The number of halogens is 72. The van der Waals surface area contributed by atoms with E-state index in [9.17, 15) is 193 Å². The summed E-state index contributed by atoms with van der Waals surface area (Å²) in [5.41, 5.74) is -8.39. The van der Waals surface area contributed by atoms with Crippen LogP contribution in [0.5, 0.6) is 23.0 Å². The summed E-state index contributed by atoms with van der Waals surface area (Å²) in [6.07, 6.45) is -63.0. The van der Waals surface area contributed by atoms with E-state index in [4.69, 9.17) is 18.9 Å². The summed E-state index contributed by atoms with van der Waals surface area (Å²) in [5, 5.41) is 0. The topological polar surface area (TPSA) is 36.9 Å². The van der Waals surface area contributed by atoms with Crippen LogP contribution in [0.1, 0.15) is 95.9 Å². The van der Waals surface area contributed by atoms with Crippen LogP contribution in [0, 0.1) is 14.3 Å². The van der Waals surface area contributed by atoms with Gasteiger partial charge in [0.25, 0.3) is 0 Å². The van der Waals surface area contributed by atoms with E-state index in [0.717, 1.165) is 90.4 Å². The molecular formula is C72H40F68I4O4. The second-order valence-corrected chi connectivity index (χ2v) is 36.3. The van der Waals surface area contributed by atoms with Crippen LogP contribution < -0.4 is 18.9 Å². The maximum absolute atomic E-state index is 15.6. The lowest BCUT2D eigenvalue weighted by Gasteiger charge is -2.42. The molecule has 0 heterocycles. The summed E-state index contributed by atoms with van der Waals surface area (Å²) in [7, 11) is 0. The second-order valence-electron chi connectivity index (χ2n) is 31.3. The van der Waals surface area contributed by atoms with Gasteiger partial charge in [0.05, 0.1) is 26.4 Å². The van der Waals surface area contributed by atoms with Crippen molar-refractivity contribution in [1.82, 2.24) is 0 Å². The Hall–Kier alpha value is -5.76. The van der Waals surface area contributed by atoms with E-state index in [0.29, 0.717) is 48.5 Å². The number of ether oxygens (including phenoxy) is 4. The molecule has 0 aliphatic heterocycles. The lowest BCUT2D eigenvalue weighted by Crippen LogP contribution is -2.74. The monoisotopic (exact) mass is 2770 g/mol. The van der Waals surface area contributed by atoms with Crippen LogP contribution >= 0.6 is 90.4 Å². The molecule has 5 rings (SSSR count). The zero-order valence-corrected chi connectivity index (χ0v) is 77.4. The molecule has 0 amide bonds. The number of rotatable bonds is 44. The fraction of sp³-hybridized carbons (Fsp3) is 0.667. The summed E-state index contributed by atoms with van der Waals surface area (Å²) in [6.45, 7) is -8.75. The van der Waals surface area contributed by atoms with Gasteiger partial charge in [-0.3, -0.25) is 0 Å². The van der Waals surface area contributed by atoms with Crippen molar-refractivity contribution in [2.75, 3.05) is 26.4 Å². The second kappa shape index (κ2) is 40.4. The molecular weight excluding hydrogens is 2730 g/mol. The van der Waals surface area contributed by atoms with E-state index in [1.807, 2.05) is 0 Å². The number of benzene rings is 4. The van der Waals surface area contributed by atoms with Gasteiger partial charge in [-0.2, -0.15) is 299 Å². The van der Waals surface area contributed by atoms with E-state index in [1.54, 1.807) is 0 Å². The summed E-state index contributed by atoms with van der Waals surface area (Å²) in [5.74, 6) is -251. The highest BCUT2D eigenvalue weighted by Gasteiger charge is 3.01. The molecule has 0 spiro atoms.